The van der Waals surface area contributed by atoms with Crippen LogP contribution in [0.5, 0.6) is 0 Å². The monoisotopic (exact) mass is 501 g/mol. The first-order valence-corrected chi connectivity index (χ1v) is 14.4. The van der Waals surface area contributed by atoms with E-state index in [9.17, 15) is 9.59 Å². The summed E-state index contributed by atoms with van der Waals surface area (Å²) in [7, 11) is 3.72. The summed E-state index contributed by atoms with van der Waals surface area (Å²) in [4.78, 5) is 29.9. The normalized spacial score (nSPS) is 15.1. The van der Waals surface area contributed by atoms with E-state index in [1.165, 1.54) is 62.5 Å². The summed E-state index contributed by atoms with van der Waals surface area (Å²) in [5.74, 6) is 0.272. The van der Waals surface area contributed by atoms with Gasteiger partial charge >= 0.3 is 0 Å². The van der Waals surface area contributed by atoms with E-state index < -0.39 is 0 Å². The zero-order chi connectivity index (χ0) is 26.0. The fourth-order valence-corrected chi connectivity index (χ4v) is 4.93. The standard InChI is InChI=1S/C30H51N3O3/c1-4-5-6-7-8-9-10-11-12-13-18-29(34)33-25-27-17-15-14-16-26(27)23-28(33)24-30(35)32(3)20-22-36-21-19-31-2/h14-17,28,31H,4-13,18-25H2,1-3H3. The van der Waals surface area contributed by atoms with Crippen molar-refractivity contribution in [3.05, 3.63) is 35.4 Å². The minimum Gasteiger partial charge on any atom is -0.378 e. The summed E-state index contributed by atoms with van der Waals surface area (Å²) in [5.41, 5.74) is 2.47. The number of nitrogens with zero attached hydrogens (tertiary/aromatic N) is 2. The zero-order valence-electron chi connectivity index (χ0n) is 23.2. The van der Waals surface area contributed by atoms with E-state index in [4.69, 9.17) is 4.74 Å². The highest BCUT2D eigenvalue weighted by Crippen LogP contribution is 2.26. The Kier molecular flexibility index (Phi) is 15.4. The first-order valence-electron chi connectivity index (χ1n) is 14.4. The maximum absolute atomic E-state index is 13.3. The number of rotatable bonds is 19. The molecule has 36 heavy (non-hydrogen) atoms. The molecule has 2 rings (SSSR count). The van der Waals surface area contributed by atoms with E-state index in [2.05, 4.69) is 24.4 Å². The molecule has 6 heteroatoms. The van der Waals surface area contributed by atoms with E-state index in [-0.39, 0.29) is 17.9 Å². The Hall–Kier alpha value is -1.92. The molecule has 0 bridgehead atoms. The molecule has 1 heterocycles. The lowest BCUT2D eigenvalue weighted by Gasteiger charge is -2.37. The van der Waals surface area contributed by atoms with Crippen molar-refractivity contribution in [2.75, 3.05) is 40.4 Å². The van der Waals surface area contributed by atoms with Crippen LogP contribution in [0.15, 0.2) is 24.3 Å². The quantitative estimate of drug-likeness (QED) is 0.260. The van der Waals surface area contributed by atoms with Gasteiger partial charge in [0.25, 0.3) is 0 Å². The second-order valence-corrected chi connectivity index (χ2v) is 10.3. The molecule has 0 spiro atoms. The third kappa shape index (κ3) is 11.4. The number of nitrogens with one attached hydrogen (secondary N) is 1. The number of carbonyl (C=O) groups is 2. The molecule has 0 fully saturated rings. The number of hydrogen-bond donors (Lipinski definition) is 1. The van der Waals surface area contributed by atoms with Crippen molar-refractivity contribution < 1.29 is 14.3 Å². The van der Waals surface area contributed by atoms with Crippen LogP contribution in [0.3, 0.4) is 0 Å². The molecule has 1 atom stereocenters. The van der Waals surface area contributed by atoms with Gasteiger partial charge in [-0.2, -0.15) is 0 Å². The molecule has 0 aliphatic carbocycles. The Labute approximate surface area is 220 Å². The molecule has 0 aromatic heterocycles. The maximum atomic E-state index is 13.3. The molecule has 204 valence electrons. The molecule has 0 saturated heterocycles. The van der Waals surface area contributed by atoms with Gasteiger partial charge in [-0.3, -0.25) is 9.59 Å². The van der Waals surface area contributed by atoms with Gasteiger partial charge in [-0.1, -0.05) is 89.0 Å². The van der Waals surface area contributed by atoms with E-state index in [0.717, 1.165) is 25.8 Å². The van der Waals surface area contributed by atoms with Crippen LogP contribution < -0.4 is 5.32 Å². The minimum atomic E-state index is -0.0734. The molecule has 1 aromatic carbocycles. The topological polar surface area (TPSA) is 61.9 Å². The van der Waals surface area contributed by atoms with Gasteiger partial charge in [-0.15, -0.1) is 0 Å². The van der Waals surface area contributed by atoms with Crippen molar-refractivity contribution in [2.45, 2.75) is 103 Å². The number of ether oxygens (including phenoxy) is 1. The SMILES string of the molecule is CCCCCCCCCCCCC(=O)N1Cc2ccccc2CC1CC(=O)N(C)CCOCCNC. The minimum absolute atomic E-state index is 0.0734. The van der Waals surface area contributed by atoms with E-state index in [0.29, 0.717) is 39.1 Å². The van der Waals surface area contributed by atoms with Crippen LogP contribution in [0.2, 0.25) is 0 Å². The van der Waals surface area contributed by atoms with Gasteiger partial charge in [-0.25, -0.2) is 0 Å². The van der Waals surface area contributed by atoms with Crippen molar-refractivity contribution in [1.82, 2.24) is 15.1 Å². The number of unbranched alkanes of at least 4 members (excludes halogenated alkanes) is 9. The van der Waals surface area contributed by atoms with Gasteiger partial charge in [0.05, 0.1) is 13.2 Å². The summed E-state index contributed by atoms with van der Waals surface area (Å²) in [6.45, 7) is 5.40. The highest BCUT2D eigenvalue weighted by Gasteiger charge is 2.31. The van der Waals surface area contributed by atoms with E-state index in [1.807, 2.05) is 31.1 Å². The molecule has 1 unspecified atom stereocenters. The average molecular weight is 502 g/mol. The predicted molar refractivity (Wildman–Crippen MR) is 148 cm³/mol. The number of carbonyl (C=O) groups excluding carboxylic acids is 2. The Bertz CT molecular complexity index is 755. The molecular formula is C30H51N3O3. The summed E-state index contributed by atoms with van der Waals surface area (Å²) >= 11 is 0. The molecule has 0 radical (unpaired) electrons. The Morgan fingerprint density at radius 3 is 2.28 bits per heavy atom. The lowest BCUT2D eigenvalue weighted by Crippen LogP contribution is -2.47. The van der Waals surface area contributed by atoms with Crippen molar-refractivity contribution in [1.29, 1.82) is 0 Å². The number of benzene rings is 1. The third-order valence-corrected chi connectivity index (χ3v) is 7.32. The van der Waals surface area contributed by atoms with Crippen LogP contribution in [-0.2, 0) is 27.3 Å². The van der Waals surface area contributed by atoms with Gasteiger partial charge in [0.15, 0.2) is 0 Å². The average Bonchev–Trinajstić information content (AvgIpc) is 2.89. The summed E-state index contributed by atoms with van der Waals surface area (Å²) in [5, 5.41) is 3.05. The lowest BCUT2D eigenvalue weighted by atomic mass is 9.91. The molecule has 1 aliphatic heterocycles. The second-order valence-electron chi connectivity index (χ2n) is 10.3. The highest BCUT2D eigenvalue weighted by molar-refractivity contribution is 5.80. The van der Waals surface area contributed by atoms with Crippen molar-refractivity contribution >= 4 is 11.8 Å². The van der Waals surface area contributed by atoms with E-state index in [1.54, 1.807) is 4.90 Å². The van der Waals surface area contributed by atoms with Crippen LogP contribution >= 0.6 is 0 Å². The van der Waals surface area contributed by atoms with Gasteiger partial charge in [0.2, 0.25) is 11.8 Å². The first kappa shape index (κ1) is 30.3. The number of amides is 2. The zero-order valence-corrected chi connectivity index (χ0v) is 23.2. The third-order valence-electron chi connectivity index (χ3n) is 7.32. The Morgan fingerprint density at radius 2 is 1.61 bits per heavy atom. The number of hydrogen-bond acceptors (Lipinski definition) is 4. The summed E-state index contributed by atoms with van der Waals surface area (Å²) < 4.78 is 5.57. The molecule has 1 N–H and O–H groups in total. The Balaban J connectivity index is 1.79. The summed E-state index contributed by atoms with van der Waals surface area (Å²) in [6.07, 6.45) is 14.3. The van der Waals surface area contributed by atoms with Gasteiger partial charge in [0, 0.05) is 45.6 Å². The van der Waals surface area contributed by atoms with Crippen LogP contribution in [0.4, 0.5) is 0 Å². The number of fused-ring (bicyclic) bond motifs is 1. The highest BCUT2D eigenvalue weighted by atomic mass is 16.5. The maximum Gasteiger partial charge on any atom is 0.224 e. The molecular weight excluding hydrogens is 450 g/mol. The van der Waals surface area contributed by atoms with Crippen LogP contribution in [0, 0.1) is 0 Å². The lowest BCUT2D eigenvalue weighted by molar-refractivity contribution is -0.138. The van der Waals surface area contributed by atoms with E-state index >= 15 is 0 Å². The predicted octanol–water partition coefficient (Wildman–Crippen LogP) is 5.34. The second kappa shape index (κ2) is 18.3. The van der Waals surface area contributed by atoms with Gasteiger partial charge < -0.3 is 19.9 Å². The van der Waals surface area contributed by atoms with Gasteiger partial charge in [-0.05, 0) is 31.0 Å². The number of likely N-dealkylation sites (N-methyl/N-ethyl adjacent to an activating group) is 2. The molecule has 1 aliphatic rings. The van der Waals surface area contributed by atoms with Crippen molar-refractivity contribution in [3.63, 3.8) is 0 Å². The van der Waals surface area contributed by atoms with Crippen LogP contribution in [0.25, 0.3) is 0 Å². The summed E-state index contributed by atoms with van der Waals surface area (Å²) in [6, 6.07) is 8.26. The van der Waals surface area contributed by atoms with Crippen LogP contribution in [-0.4, -0.2) is 68.1 Å². The fourth-order valence-electron chi connectivity index (χ4n) is 4.93. The molecule has 1 aromatic rings. The van der Waals surface area contributed by atoms with Crippen molar-refractivity contribution in [2.24, 2.45) is 0 Å². The molecule has 0 saturated carbocycles. The fraction of sp³-hybridized carbons (Fsp3) is 0.733. The van der Waals surface area contributed by atoms with Crippen LogP contribution in [0.1, 0.15) is 95.1 Å². The first-order chi connectivity index (χ1) is 17.6. The molecule has 6 nitrogen and oxygen atoms in total. The van der Waals surface area contributed by atoms with Crippen molar-refractivity contribution in [3.8, 4) is 0 Å². The molecule has 2 amide bonds. The largest absolute Gasteiger partial charge is 0.378 e. The Morgan fingerprint density at radius 1 is 0.972 bits per heavy atom. The van der Waals surface area contributed by atoms with Gasteiger partial charge in [0.1, 0.15) is 0 Å². The smallest absolute Gasteiger partial charge is 0.224 e.